The second kappa shape index (κ2) is 15.9. The Hall–Kier alpha value is -6.15. The summed E-state index contributed by atoms with van der Waals surface area (Å²) >= 11 is 0. The van der Waals surface area contributed by atoms with Crippen LogP contribution in [0.1, 0.15) is 95.2 Å². The van der Waals surface area contributed by atoms with Crippen LogP contribution in [0.3, 0.4) is 0 Å². The van der Waals surface area contributed by atoms with E-state index in [2.05, 4.69) is 37.9 Å². The van der Waals surface area contributed by atoms with Gasteiger partial charge in [-0.3, -0.25) is 43.8 Å². The van der Waals surface area contributed by atoms with Crippen molar-refractivity contribution in [1.82, 2.24) is 34.9 Å². The minimum absolute atomic E-state index is 0.0866. The number of aromatic nitrogens is 4. The molecule has 0 bridgehead atoms. The second-order valence-corrected chi connectivity index (χ2v) is 14.9. The molecule has 56 heavy (non-hydrogen) atoms. The van der Waals surface area contributed by atoms with Gasteiger partial charge in [0.15, 0.2) is 0 Å². The Balaban J connectivity index is 0.757. The summed E-state index contributed by atoms with van der Waals surface area (Å²) in [6, 6.07) is 17.9. The number of unbranched alkanes of at least 4 members (excludes halogenated alkanes) is 3. The van der Waals surface area contributed by atoms with E-state index in [-0.39, 0.29) is 29.9 Å². The lowest BCUT2D eigenvalue weighted by atomic mass is 10.0. The molecule has 3 aliphatic heterocycles. The molecular weight excluding hydrogens is 711 g/mol. The highest BCUT2D eigenvalue weighted by Gasteiger charge is 2.44. The number of fused-ring (bicyclic) bond motifs is 2. The van der Waals surface area contributed by atoms with Crippen LogP contribution in [0.5, 0.6) is 0 Å². The molecule has 2 atom stereocenters. The summed E-state index contributed by atoms with van der Waals surface area (Å²) in [7, 11) is 0. The first-order chi connectivity index (χ1) is 27.2. The number of nitrogens with zero attached hydrogens (tertiary/aromatic N) is 5. The molecule has 0 spiro atoms. The van der Waals surface area contributed by atoms with Crippen LogP contribution in [-0.4, -0.2) is 84.3 Å². The van der Waals surface area contributed by atoms with Crippen LogP contribution < -0.4 is 16.0 Å². The highest BCUT2D eigenvalue weighted by molar-refractivity contribution is 6.23. The molecule has 2 aromatic heterocycles. The molecular formula is C42H45N9O5. The maximum atomic E-state index is 13.1. The summed E-state index contributed by atoms with van der Waals surface area (Å²) in [5, 5.41) is 13.1. The maximum absolute atomic E-state index is 13.1. The van der Waals surface area contributed by atoms with Crippen molar-refractivity contribution in [3.05, 3.63) is 95.6 Å². The summed E-state index contributed by atoms with van der Waals surface area (Å²) in [5.41, 5.74) is 6.31. The quantitative estimate of drug-likeness (QED) is 0.0815. The summed E-state index contributed by atoms with van der Waals surface area (Å²) < 4.78 is 1.94. The molecule has 0 saturated carbocycles. The first-order valence-electron chi connectivity index (χ1n) is 19.5. The average molecular weight is 756 g/mol. The number of nitrogens with one attached hydrogen (secondary N) is 4. The zero-order chi connectivity index (χ0) is 38.8. The molecule has 8 rings (SSSR count). The van der Waals surface area contributed by atoms with E-state index in [0.717, 1.165) is 83.9 Å². The number of hydrogen-bond acceptors (Lipinski definition) is 9. The number of imidazole rings is 1. The first-order valence-corrected chi connectivity index (χ1v) is 19.5. The topological polar surface area (TPSA) is 174 Å². The van der Waals surface area contributed by atoms with Gasteiger partial charge in [-0.15, -0.1) is 0 Å². The van der Waals surface area contributed by atoms with Gasteiger partial charge in [0.25, 0.3) is 17.7 Å². The van der Waals surface area contributed by atoms with Gasteiger partial charge in [-0.2, -0.15) is 5.10 Å². The molecule has 5 heterocycles. The van der Waals surface area contributed by atoms with Gasteiger partial charge in [-0.25, -0.2) is 4.98 Å². The zero-order valence-electron chi connectivity index (χ0n) is 31.3. The number of anilines is 2. The molecule has 2 fully saturated rings. The average Bonchev–Trinajstić information content (AvgIpc) is 3.98. The van der Waals surface area contributed by atoms with Crippen molar-refractivity contribution in [2.75, 3.05) is 23.7 Å². The van der Waals surface area contributed by atoms with E-state index in [1.54, 1.807) is 18.2 Å². The first kappa shape index (κ1) is 36.8. The lowest BCUT2D eigenvalue weighted by Gasteiger charge is -2.27. The Morgan fingerprint density at radius 2 is 1.68 bits per heavy atom. The lowest BCUT2D eigenvalue weighted by molar-refractivity contribution is -0.136. The molecule has 14 nitrogen and oxygen atoms in total. The summed E-state index contributed by atoms with van der Waals surface area (Å²) in [6.07, 6.45) is 10.4. The van der Waals surface area contributed by atoms with Crippen molar-refractivity contribution < 1.29 is 24.0 Å². The van der Waals surface area contributed by atoms with Crippen molar-refractivity contribution in [3.8, 4) is 11.1 Å². The fraction of sp³-hybridized carbons (Fsp3) is 0.357. The zero-order valence-corrected chi connectivity index (χ0v) is 31.3. The van der Waals surface area contributed by atoms with E-state index < -0.39 is 29.7 Å². The van der Waals surface area contributed by atoms with E-state index in [1.807, 2.05) is 59.5 Å². The lowest BCUT2D eigenvalue weighted by Crippen LogP contribution is -2.54. The Kier molecular flexibility index (Phi) is 10.5. The number of piperidine rings is 1. The number of imide groups is 2. The van der Waals surface area contributed by atoms with Crippen LogP contribution in [0.15, 0.2) is 73.1 Å². The van der Waals surface area contributed by atoms with Gasteiger partial charge in [-0.05, 0) is 99.7 Å². The minimum Gasteiger partial charge on any atom is -0.385 e. The normalized spacial score (nSPS) is 18.5. The summed E-state index contributed by atoms with van der Waals surface area (Å²) in [4.78, 5) is 74.5. The third-order valence-corrected chi connectivity index (χ3v) is 11.0. The van der Waals surface area contributed by atoms with Crippen LogP contribution in [0.4, 0.5) is 11.4 Å². The number of amides is 5. The molecule has 5 amide bonds. The summed E-state index contributed by atoms with van der Waals surface area (Å²) in [5.74, 6) is -1.27. The number of hydrogen-bond donors (Lipinski definition) is 4. The molecule has 3 aromatic carbocycles. The van der Waals surface area contributed by atoms with Gasteiger partial charge in [0.1, 0.15) is 11.9 Å². The number of aryl methyl sites for hydroxylation is 1. The molecule has 3 aliphatic rings. The maximum Gasteiger partial charge on any atom is 0.262 e. The minimum atomic E-state index is -0.977. The van der Waals surface area contributed by atoms with Crippen LogP contribution in [-0.2, 0) is 22.7 Å². The molecule has 14 heteroatoms. The number of H-pyrrole nitrogens is 1. The number of rotatable bonds is 14. The molecule has 288 valence electrons. The third kappa shape index (κ3) is 7.83. The number of benzene rings is 3. The van der Waals surface area contributed by atoms with Gasteiger partial charge >= 0.3 is 0 Å². The van der Waals surface area contributed by atoms with E-state index in [4.69, 9.17) is 4.98 Å². The van der Waals surface area contributed by atoms with E-state index >= 15 is 0 Å². The predicted octanol–water partition coefficient (Wildman–Crippen LogP) is 5.74. The second-order valence-electron chi connectivity index (χ2n) is 14.9. The van der Waals surface area contributed by atoms with Crippen molar-refractivity contribution in [3.63, 3.8) is 0 Å². The number of likely N-dealkylation sites (tertiary alicyclic amines) is 1. The van der Waals surface area contributed by atoms with Crippen molar-refractivity contribution >= 4 is 51.9 Å². The van der Waals surface area contributed by atoms with Gasteiger partial charge in [0, 0.05) is 54.3 Å². The number of carbonyl (C=O) groups excluding carboxylic acids is 5. The SMILES string of the molecule is C[C@H]1CCCN1Cc1nc2ccc(NC(=O)c3ccc(-c4cnn(CCCCCCNc5ccc6c(c5)C(=O)N(C5CCC(=O)NC5=O)C6=O)c4)cc3)cc2[nH]1. The largest absolute Gasteiger partial charge is 0.385 e. The van der Waals surface area contributed by atoms with Crippen LogP contribution in [0, 0.1) is 0 Å². The molecule has 0 radical (unpaired) electrons. The van der Waals surface area contributed by atoms with Crippen LogP contribution in [0.25, 0.3) is 22.2 Å². The molecule has 1 unspecified atom stereocenters. The van der Waals surface area contributed by atoms with E-state index in [1.165, 1.54) is 12.8 Å². The van der Waals surface area contributed by atoms with Crippen LogP contribution >= 0.6 is 0 Å². The van der Waals surface area contributed by atoms with Gasteiger partial charge in [-0.1, -0.05) is 25.0 Å². The Labute approximate surface area is 324 Å². The smallest absolute Gasteiger partial charge is 0.262 e. The van der Waals surface area contributed by atoms with Gasteiger partial charge < -0.3 is 15.6 Å². The highest BCUT2D eigenvalue weighted by Crippen LogP contribution is 2.30. The Morgan fingerprint density at radius 3 is 2.48 bits per heavy atom. The molecule has 0 aliphatic carbocycles. The number of carbonyl (C=O) groups is 5. The van der Waals surface area contributed by atoms with Crippen LogP contribution in [0.2, 0.25) is 0 Å². The fourth-order valence-corrected chi connectivity index (χ4v) is 7.85. The van der Waals surface area contributed by atoms with Gasteiger partial charge in [0.2, 0.25) is 11.8 Å². The van der Waals surface area contributed by atoms with Gasteiger partial charge in [0.05, 0.1) is 34.9 Å². The Bertz CT molecular complexity index is 2310. The molecule has 5 aromatic rings. The number of aromatic amines is 1. The summed E-state index contributed by atoms with van der Waals surface area (Å²) in [6.45, 7) is 5.65. The molecule has 2 saturated heterocycles. The highest BCUT2D eigenvalue weighted by atomic mass is 16.2. The fourth-order valence-electron chi connectivity index (χ4n) is 7.85. The molecule has 4 N–H and O–H groups in total. The predicted molar refractivity (Wildman–Crippen MR) is 211 cm³/mol. The van der Waals surface area contributed by atoms with E-state index in [0.29, 0.717) is 23.8 Å². The van der Waals surface area contributed by atoms with Crippen molar-refractivity contribution in [2.45, 2.75) is 83.5 Å². The van der Waals surface area contributed by atoms with Crippen molar-refractivity contribution in [1.29, 1.82) is 0 Å². The monoisotopic (exact) mass is 755 g/mol. The van der Waals surface area contributed by atoms with Crippen molar-refractivity contribution in [2.24, 2.45) is 0 Å². The van der Waals surface area contributed by atoms with E-state index in [9.17, 15) is 24.0 Å². The third-order valence-electron chi connectivity index (χ3n) is 11.0. The standard InChI is InChI=1S/C42H45N9O5/c1-26-7-6-19-49(26)25-37-46-34-15-13-31(22-35(34)47-37)45-39(53)28-10-8-27(9-11-28)29-23-44-50(24-29)20-5-3-2-4-18-43-30-12-14-32-33(21-30)42(56)51(41(32)55)36-16-17-38(52)48-40(36)54/h8-15,21-24,26,36,43H,2-7,16-20,25H2,1H3,(H,45,53)(H,46,47)(H,48,52,54)/t26-,36?/m0/s1. The Morgan fingerprint density at radius 1 is 0.875 bits per heavy atom.